The molecule has 10 nitrogen and oxygen atoms in total. The number of fused-ring (bicyclic) bond motifs is 2. The molecule has 0 fully saturated rings. The molecule has 0 radical (unpaired) electrons. The molecule has 2 heterocycles. The van der Waals surface area contributed by atoms with Crippen molar-refractivity contribution in [2.24, 2.45) is 0 Å². The van der Waals surface area contributed by atoms with Gasteiger partial charge in [-0.2, -0.15) is 0 Å². The van der Waals surface area contributed by atoms with Crippen LogP contribution >= 0.6 is 0 Å². The van der Waals surface area contributed by atoms with E-state index >= 15 is 0 Å². The van der Waals surface area contributed by atoms with Gasteiger partial charge in [0.1, 0.15) is 18.1 Å². The van der Waals surface area contributed by atoms with E-state index in [0.29, 0.717) is 27.5 Å². The largest absolute Gasteiger partial charge is 0.508 e. The first-order valence-electron chi connectivity index (χ1n) is 11.4. The third kappa shape index (κ3) is 4.76. The first-order valence-corrected chi connectivity index (χ1v) is 11.4. The Morgan fingerprint density at radius 2 is 1.78 bits per heavy atom. The lowest BCUT2D eigenvalue weighted by atomic mass is 10.1. The average Bonchev–Trinajstić information content (AvgIpc) is 3.39. The van der Waals surface area contributed by atoms with Crippen LogP contribution in [0.1, 0.15) is 27.7 Å². The number of hydrogen-bond donors (Lipinski definition) is 2. The van der Waals surface area contributed by atoms with Crippen molar-refractivity contribution >= 4 is 33.7 Å². The minimum absolute atomic E-state index is 0.117. The first kappa shape index (κ1) is 23.7. The minimum atomic E-state index is -0.803. The zero-order valence-electron chi connectivity index (χ0n) is 19.7. The highest BCUT2D eigenvalue weighted by Gasteiger charge is 2.24. The number of aromatic amines is 1. The second-order valence-corrected chi connectivity index (χ2v) is 8.40. The molecule has 0 aliphatic rings. The van der Waals surface area contributed by atoms with Crippen LogP contribution in [0.3, 0.4) is 0 Å². The molecule has 0 bridgehead atoms. The number of pyridine rings is 1. The lowest BCUT2D eigenvalue weighted by Crippen LogP contribution is -2.23. The molecule has 2 aromatic heterocycles. The number of rotatable bonds is 7. The zero-order valence-corrected chi connectivity index (χ0v) is 19.7. The number of ether oxygens (including phenoxy) is 2. The molecule has 2 N–H and O–H groups in total. The number of para-hydroxylation sites is 2. The van der Waals surface area contributed by atoms with Crippen LogP contribution in [0.2, 0.25) is 0 Å². The Morgan fingerprint density at radius 1 is 1.03 bits per heavy atom. The Kier molecular flexibility index (Phi) is 6.38. The van der Waals surface area contributed by atoms with E-state index in [1.165, 1.54) is 30.1 Å². The fourth-order valence-electron chi connectivity index (χ4n) is 4.14. The van der Waals surface area contributed by atoms with E-state index in [1.807, 2.05) is 0 Å². The summed E-state index contributed by atoms with van der Waals surface area (Å²) in [4.78, 5) is 41.4. The topological polar surface area (TPSA) is 136 Å². The van der Waals surface area contributed by atoms with Crippen LogP contribution in [0.4, 0.5) is 0 Å². The van der Waals surface area contributed by atoms with Gasteiger partial charge in [-0.25, -0.2) is 14.3 Å². The number of nitrogens with one attached hydrogen (secondary N) is 1. The van der Waals surface area contributed by atoms with Crippen molar-refractivity contribution in [1.82, 2.24) is 20.0 Å². The Morgan fingerprint density at radius 3 is 2.57 bits per heavy atom. The highest BCUT2D eigenvalue weighted by molar-refractivity contribution is 6.05. The van der Waals surface area contributed by atoms with E-state index < -0.39 is 18.0 Å². The van der Waals surface area contributed by atoms with Crippen LogP contribution in [0.5, 0.6) is 5.75 Å². The number of hydrogen-bond acceptors (Lipinski definition) is 8. The highest BCUT2D eigenvalue weighted by Crippen LogP contribution is 2.21. The number of H-pyrrole nitrogens is 1. The van der Waals surface area contributed by atoms with Crippen LogP contribution in [0.15, 0.2) is 77.7 Å². The second-order valence-electron chi connectivity index (χ2n) is 8.40. The van der Waals surface area contributed by atoms with Crippen molar-refractivity contribution in [3.8, 4) is 5.75 Å². The SMILES string of the molecule is COC(=O)[C@H](Cc1ccc(O)cc1)n1cc(COC(=O)c2cccc3c(=O)c4ccccc4[nH]c23)nn1. The van der Waals surface area contributed by atoms with Gasteiger partial charge in [-0.05, 0) is 42.0 Å². The number of aromatic hydroxyl groups is 1. The van der Waals surface area contributed by atoms with Gasteiger partial charge < -0.3 is 19.6 Å². The lowest BCUT2D eigenvalue weighted by Gasteiger charge is -2.14. The summed E-state index contributed by atoms with van der Waals surface area (Å²) in [6.45, 7) is -0.194. The third-order valence-corrected chi connectivity index (χ3v) is 6.03. The molecule has 5 aromatic rings. The van der Waals surface area contributed by atoms with Gasteiger partial charge in [0.25, 0.3) is 0 Å². The van der Waals surface area contributed by atoms with E-state index in [-0.39, 0.29) is 29.8 Å². The Bertz CT molecular complexity index is 1670. The van der Waals surface area contributed by atoms with Crippen LogP contribution < -0.4 is 5.43 Å². The lowest BCUT2D eigenvalue weighted by molar-refractivity contribution is -0.144. The molecular weight excluding hydrogens is 476 g/mol. The number of nitrogens with zero attached hydrogens (tertiary/aromatic N) is 3. The fourth-order valence-corrected chi connectivity index (χ4v) is 4.14. The number of phenolic OH excluding ortho intramolecular Hbond substituents is 1. The normalized spacial score (nSPS) is 11.9. The molecule has 3 aromatic carbocycles. The molecule has 0 amide bonds. The summed E-state index contributed by atoms with van der Waals surface area (Å²) in [5.41, 5.74) is 2.16. The van der Waals surface area contributed by atoms with Gasteiger partial charge >= 0.3 is 11.9 Å². The molecule has 10 heteroatoms. The smallest absolute Gasteiger partial charge is 0.340 e. The van der Waals surface area contributed by atoms with Crippen molar-refractivity contribution in [3.05, 3.63) is 100.0 Å². The predicted octanol–water partition coefficient (Wildman–Crippen LogP) is 3.29. The second kappa shape index (κ2) is 9.94. The summed E-state index contributed by atoms with van der Waals surface area (Å²) in [5.74, 6) is -1.04. The summed E-state index contributed by atoms with van der Waals surface area (Å²) < 4.78 is 11.7. The van der Waals surface area contributed by atoms with E-state index in [4.69, 9.17) is 9.47 Å². The molecule has 0 saturated carbocycles. The Labute approximate surface area is 210 Å². The van der Waals surface area contributed by atoms with Crippen molar-refractivity contribution in [2.75, 3.05) is 7.11 Å². The number of methoxy groups -OCH3 is 1. The summed E-state index contributed by atoms with van der Waals surface area (Å²) >= 11 is 0. The van der Waals surface area contributed by atoms with Gasteiger partial charge in [0.2, 0.25) is 0 Å². The van der Waals surface area contributed by atoms with Crippen molar-refractivity contribution in [2.45, 2.75) is 19.1 Å². The Hall–Kier alpha value is -4.99. The summed E-state index contributed by atoms with van der Waals surface area (Å²) in [5, 5.41) is 18.5. The summed E-state index contributed by atoms with van der Waals surface area (Å²) in [6.07, 6.45) is 1.76. The number of carbonyl (C=O) groups is 2. The number of phenols is 1. The summed E-state index contributed by atoms with van der Waals surface area (Å²) in [7, 11) is 1.28. The van der Waals surface area contributed by atoms with Gasteiger partial charge in [0.15, 0.2) is 11.5 Å². The highest BCUT2D eigenvalue weighted by atomic mass is 16.5. The molecule has 0 aliphatic heterocycles. The average molecular weight is 498 g/mol. The molecule has 186 valence electrons. The summed E-state index contributed by atoms with van der Waals surface area (Å²) in [6, 6.07) is 17.6. The van der Waals surface area contributed by atoms with Crippen LogP contribution in [-0.2, 0) is 27.3 Å². The van der Waals surface area contributed by atoms with Gasteiger partial charge in [0, 0.05) is 22.7 Å². The standard InChI is InChI=1S/C27H22N4O6/c1-36-27(35)23(13-16-9-11-18(32)12-10-16)31-14-17(29-30-31)15-37-26(34)21-7-4-6-20-24(21)28-22-8-3-2-5-19(22)25(20)33/h2-12,14,23,32H,13,15H2,1H3,(H,28,33)/t23-/m0/s1. The number of esters is 2. The molecule has 5 rings (SSSR count). The number of benzene rings is 3. The van der Waals surface area contributed by atoms with Crippen LogP contribution in [-0.4, -0.2) is 44.1 Å². The third-order valence-electron chi connectivity index (χ3n) is 6.03. The molecule has 0 unspecified atom stereocenters. The maximum atomic E-state index is 12.9. The molecule has 0 saturated heterocycles. The quantitative estimate of drug-likeness (QED) is 0.258. The van der Waals surface area contributed by atoms with E-state index in [0.717, 1.165) is 5.56 Å². The monoisotopic (exact) mass is 498 g/mol. The zero-order chi connectivity index (χ0) is 25.9. The predicted molar refractivity (Wildman–Crippen MR) is 134 cm³/mol. The first-order chi connectivity index (χ1) is 17.9. The molecule has 1 atom stereocenters. The molecule has 0 aliphatic carbocycles. The maximum absolute atomic E-state index is 12.9. The molecule has 0 spiro atoms. The van der Waals surface area contributed by atoms with Crippen molar-refractivity contribution in [1.29, 1.82) is 0 Å². The van der Waals surface area contributed by atoms with Crippen molar-refractivity contribution < 1.29 is 24.2 Å². The van der Waals surface area contributed by atoms with Crippen LogP contribution in [0.25, 0.3) is 21.8 Å². The van der Waals surface area contributed by atoms with E-state index in [2.05, 4.69) is 15.3 Å². The van der Waals surface area contributed by atoms with Crippen molar-refractivity contribution in [3.63, 3.8) is 0 Å². The van der Waals surface area contributed by atoms with Gasteiger partial charge in [-0.15, -0.1) is 5.10 Å². The maximum Gasteiger partial charge on any atom is 0.340 e. The number of carbonyl (C=O) groups excluding carboxylic acids is 2. The molecule has 37 heavy (non-hydrogen) atoms. The number of aromatic nitrogens is 4. The van der Waals surface area contributed by atoms with Gasteiger partial charge in [-0.1, -0.05) is 35.5 Å². The molecular formula is C27H22N4O6. The fraction of sp³-hybridized carbons (Fsp3) is 0.148. The van der Waals surface area contributed by atoms with E-state index in [1.54, 1.807) is 54.6 Å². The van der Waals surface area contributed by atoms with Gasteiger partial charge in [0.05, 0.1) is 24.4 Å². The minimum Gasteiger partial charge on any atom is -0.508 e. The van der Waals surface area contributed by atoms with E-state index in [9.17, 15) is 19.5 Å². The Balaban J connectivity index is 1.35. The van der Waals surface area contributed by atoms with Gasteiger partial charge in [-0.3, -0.25) is 4.79 Å². The van der Waals surface area contributed by atoms with Crippen LogP contribution in [0, 0.1) is 0 Å².